The van der Waals surface area contributed by atoms with Gasteiger partial charge in [0.15, 0.2) is 0 Å². The summed E-state index contributed by atoms with van der Waals surface area (Å²) in [4.78, 5) is 25.3. The molecule has 1 saturated carbocycles. The first-order chi connectivity index (χ1) is 10.5. The third kappa shape index (κ3) is 4.02. The number of para-hydroxylation sites is 1. The molecule has 0 aliphatic heterocycles. The van der Waals surface area contributed by atoms with Crippen LogP contribution < -0.4 is 5.32 Å². The zero-order valence-corrected chi connectivity index (χ0v) is 12.6. The lowest BCUT2D eigenvalue weighted by Gasteiger charge is -2.33. The Morgan fingerprint density at radius 1 is 1.18 bits per heavy atom. The molecule has 0 bridgehead atoms. The summed E-state index contributed by atoms with van der Waals surface area (Å²) in [7, 11) is 0. The molecule has 0 atom stereocenters. The number of hydrogen-bond acceptors (Lipinski definition) is 2. The summed E-state index contributed by atoms with van der Waals surface area (Å²) in [5, 5.41) is 2.22. The first-order valence-electron chi connectivity index (χ1n) is 7.50. The molecule has 1 N–H and O–H groups in total. The summed E-state index contributed by atoms with van der Waals surface area (Å²) < 4.78 is 27.1. The van der Waals surface area contributed by atoms with E-state index in [2.05, 4.69) is 5.32 Å². The Kier molecular flexibility index (Phi) is 5.46. The van der Waals surface area contributed by atoms with Gasteiger partial charge in [0.05, 0.1) is 0 Å². The summed E-state index contributed by atoms with van der Waals surface area (Å²) in [5.41, 5.74) is -0.473. The number of nitrogens with one attached hydrogen (secondary N) is 1. The van der Waals surface area contributed by atoms with E-state index in [1.165, 1.54) is 17.9 Å². The monoisotopic (exact) mass is 310 g/mol. The molecule has 1 aliphatic carbocycles. The number of carbonyl (C=O) groups excluding carboxylic acids is 2. The molecule has 2 amide bonds. The van der Waals surface area contributed by atoms with E-state index in [9.17, 15) is 18.4 Å². The van der Waals surface area contributed by atoms with Gasteiger partial charge in [-0.1, -0.05) is 25.3 Å². The normalized spacial score (nSPS) is 15.4. The van der Waals surface area contributed by atoms with Gasteiger partial charge in [-0.05, 0) is 25.0 Å². The number of carbonyl (C=O) groups is 2. The molecule has 0 saturated heterocycles. The van der Waals surface area contributed by atoms with Crippen LogP contribution in [0.15, 0.2) is 18.2 Å². The number of amides is 2. The zero-order valence-electron chi connectivity index (χ0n) is 12.6. The first-order valence-corrected chi connectivity index (χ1v) is 7.50. The topological polar surface area (TPSA) is 49.4 Å². The number of nitrogens with zero attached hydrogens (tertiary/aromatic N) is 1. The minimum absolute atomic E-state index is 0.0301. The predicted molar refractivity (Wildman–Crippen MR) is 79.2 cm³/mol. The molecule has 1 aromatic carbocycles. The quantitative estimate of drug-likeness (QED) is 0.929. The second kappa shape index (κ2) is 7.33. The fourth-order valence-corrected chi connectivity index (χ4v) is 2.84. The van der Waals surface area contributed by atoms with Crippen LogP contribution in [0.4, 0.5) is 14.5 Å². The highest BCUT2D eigenvalue weighted by Crippen LogP contribution is 2.23. The van der Waals surface area contributed by atoms with E-state index in [0.717, 1.165) is 44.2 Å². The molecule has 0 spiro atoms. The summed E-state index contributed by atoms with van der Waals surface area (Å²) >= 11 is 0. The van der Waals surface area contributed by atoms with Crippen LogP contribution in [-0.2, 0) is 9.59 Å². The highest BCUT2D eigenvalue weighted by Gasteiger charge is 2.25. The van der Waals surface area contributed by atoms with Gasteiger partial charge in [0.1, 0.15) is 23.9 Å². The van der Waals surface area contributed by atoms with Crippen molar-refractivity contribution < 1.29 is 18.4 Å². The minimum Gasteiger partial charge on any atom is -0.331 e. The van der Waals surface area contributed by atoms with Crippen molar-refractivity contribution >= 4 is 17.5 Å². The summed E-state index contributed by atoms with van der Waals surface area (Å²) in [5.74, 6) is -2.46. The highest BCUT2D eigenvalue weighted by atomic mass is 19.1. The van der Waals surface area contributed by atoms with Gasteiger partial charge in [-0.15, -0.1) is 0 Å². The van der Waals surface area contributed by atoms with Crippen molar-refractivity contribution in [1.82, 2.24) is 4.90 Å². The zero-order chi connectivity index (χ0) is 16.1. The smallest absolute Gasteiger partial charge is 0.244 e. The molecule has 0 radical (unpaired) electrons. The van der Waals surface area contributed by atoms with Gasteiger partial charge in [0.25, 0.3) is 0 Å². The summed E-state index contributed by atoms with van der Waals surface area (Å²) in [6, 6.07) is 3.40. The van der Waals surface area contributed by atoms with Gasteiger partial charge in [-0.25, -0.2) is 8.78 Å². The lowest BCUT2D eigenvalue weighted by Crippen LogP contribution is -2.44. The number of hydrogen-bond donors (Lipinski definition) is 1. The van der Waals surface area contributed by atoms with Crippen molar-refractivity contribution in [2.75, 3.05) is 11.9 Å². The van der Waals surface area contributed by atoms with Crippen LogP contribution >= 0.6 is 0 Å². The van der Waals surface area contributed by atoms with Crippen LogP contribution in [0, 0.1) is 11.6 Å². The Labute approximate surface area is 128 Å². The molecule has 0 heterocycles. The fourth-order valence-electron chi connectivity index (χ4n) is 2.84. The SMILES string of the molecule is CC(=O)N(CC(=O)Nc1c(F)cccc1F)C1CCCCC1. The Bertz CT molecular complexity index is 537. The summed E-state index contributed by atoms with van der Waals surface area (Å²) in [6.07, 6.45) is 4.91. The number of anilines is 1. The Morgan fingerprint density at radius 2 is 1.77 bits per heavy atom. The second-order valence-electron chi connectivity index (χ2n) is 5.58. The molecule has 120 valence electrons. The molecule has 0 unspecified atom stereocenters. The van der Waals surface area contributed by atoms with Crippen molar-refractivity contribution in [3.8, 4) is 0 Å². The maximum atomic E-state index is 13.5. The third-order valence-corrected chi connectivity index (χ3v) is 3.96. The van der Waals surface area contributed by atoms with Crippen molar-refractivity contribution in [3.05, 3.63) is 29.8 Å². The molecular formula is C16H20F2N2O2. The van der Waals surface area contributed by atoms with E-state index in [0.29, 0.717) is 0 Å². The second-order valence-corrected chi connectivity index (χ2v) is 5.58. The van der Waals surface area contributed by atoms with Gasteiger partial charge in [0.2, 0.25) is 11.8 Å². The van der Waals surface area contributed by atoms with E-state index in [4.69, 9.17) is 0 Å². The highest BCUT2D eigenvalue weighted by molar-refractivity contribution is 5.94. The van der Waals surface area contributed by atoms with Crippen LogP contribution in [-0.4, -0.2) is 29.3 Å². The van der Waals surface area contributed by atoms with Crippen molar-refractivity contribution in [2.45, 2.75) is 45.1 Å². The minimum atomic E-state index is -0.833. The molecule has 6 heteroatoms. The van der Waals surface area contributed by atoms with Gasteiger partial charge in [-0.3, -0.25) is 9.59 Å². The summed E-state index contributed by atoms with van der Waals surface area (Å²) in [6.45, 7) is 1.22. The maximum Gasteiger partial charge on any atom is 0.244 e. The van der Waals surface area contributed by atoms with E-state index in [-0.39, 0.29) is 18.5 Å². The Balaban J connectivity index is 2.03. The molecular weight excluding hydrogens is 290 g/mol. The maximum absolute atomic E-state index is 13.5. The fraction of sp³-hybridized carbons (Fsp3) is 0.500. The Hall–Kier alpha value is -1.98. The van der Waals surface area contributed by atoms with E-state index < -0.39 is 23.2 Å². The molecule has 4 nitrogen and oxygen atoms in total. The van der Waals surface area contributed by atoms with Crippen molar-refractivity contribution in [2.24, 2.45) is 0 Å². The standard InChI is InChI=1S/C16H20F2N2O2/c1-11(21)20(12-6-3-2-4-7-12)10-15(22)19-16-13(17)8-5-9-14(16)18/h5,8-9,12H,2-4,6-7,10H2,1H3,(H,19,22). The Morgan fingerprint density at radius 3 is 2.32 bits per heavy atom. The van der Waals surface area contributed by atoms with Crippen LogP contribution in [0.2, 0.25) is 0 Å². The lowest BCUT2D eigenvalue weighted by molar-refractivity contribution is -0.135. The molecule has 22 heavy (non-hydrogen) atoms. The van der Waals surface area contributed by atoms with Crippen molar-refractivity contribution in [1.29, 1.82) is 0 Å². The van der Waals surface area contributed by atoms with E-state index >= 15 is 0 Å². The molecule has 0 aromatic heterocycles. The first kappa shape index (κ1) is 16.4. The van der Waals surface area contributed by atoms with Gasteiger partial charge in [-0.2, -0.15) is 0 Å². The van der Waals surface area contributed by atoms with Crippen LogP contribution in [0.25, 0.3) is 0 Å². The molecule has 1 aliphatic rings. The number of rotatable bonds is 4. The average molecular weight is 310 g/mol. The average Bonchev–Trinajstić information content (AvgIpc) is 2.49. The van der Waals surface area contributed by atoms with Gasteiger partial charge < -0.3 is 10.2 Å². The van der Waals surface area contributed by atoms with Gasteiger partial charge in [0, 0.05) is 13.0 Å². The number of halogens is 2. The molecule has 2 rings (SSSR count). The van der Waals surface area contributed by atoms with E-state index in [1.807, 2.05) is 0 Å². The number of benzene rings is 1. The molecule has 1 fully saturated rings. The predicted octanol–water partition coefficient (Wildman–Crippen LogP) is 3.08. The van der Waals surface area contributed by atoms with E-state index in [1.54, 1.807) is 0 Å². The largest absolute Gasteiger partial charge is 0.331 e. The molecule has 1 aromatic rings. The third-order valence-electron chi connectivity index (χ3n) is 3.96. The van der Waals surface area contributed by atoms with Gasteiger partial charge >= 0.3 is 0 Å². The van der Waals surface area contributed by atoms with Crippen molar-refractivity contribution in [3.63, 3.8) is 0 Å². The van der Waals surface area contributed by atoms with Crippen LogP contribution in [0.5, 0.6) is 0 Å². The van der Waals surface area contributed by atoms with Crippen LogP contribution in [0.3, 0.4) is 0 Å². The van der Waals surface area contributed by atoms with Crippen LogP contribution in [0.1, 0.15) is 39.0 Å². The lowest BCUT2D eigenvalue weighted by atomic mass is 9.94.